The lowest BCUT2D eigenvalue weighted by Gasteiger charge is -2.50. The van der Waals surface area contributed by atoms with Crippen molar-refractivity contribution in [2.24, 2.45) is 11.0 Å². The SMILES string of the molecule is O=C(CCC1=NNC2N(Cc3ccc(Cl)cc3)C(=O)C3CCCCC3N12)NCCCN1CCCC1=O. The van der Waals surface area contributed by atoms with E-state index in [2.05, 4.69) is 20.7 Å². The van der Waals surface area contributed by atoms with Gasteiger partial charge in [-0.25, -0.2) is 0 Å². The average Bonchev–Trinajstić information content (AvgIpc) is 3.50. The molecule has 3 unspecified atom stereocenters. The molecule has 3 aliphatic heterocycles. The molecule has 10 heteroatoms. The monoisotopic (exact) mass is 514 g/mol. The van der Waals surface area contributed by atoms with Crippen molar-refractivity contribution in [3.8, 4) is 0 Å². The van der Waals surface area contributed by atoms with Crippen molar-refractivity contribution in [2.75, 3.05) is 19.6 Å². The molecule has 36 heavy (non-hydrogen) atoms. The minimum absolute atomic E-state index is 0.0137. The van der Waals surface area contributed by atoms with Crippen molar-refractivity contribution in [1.82, 2.24) is 25.4 Å². The van der Waals surface area contributed by atoms with E-state index >= 15 is 0 Å². The summed E-state index contributed by atoms with van der Waals surface area (Å²) in [5.41, 5.74) is 4.21. The number of amidine groups is 1. The summed E-state index contributed by atoms with van der Waals surface area (Å²) in [6, 6.07) is 7.71. The number of nitrogens with zero attached hydrogens (tertiary/aromatic N) is 4. The average molecular weight is 515 g/mol. The molecule has 4 aliphatic rings. The third-order valence-electron chi connectivity index (χ3n) is 7.79. The molecule has 0 aromatic heterocycles. The number of benzene rings is 1. The molecule has 0 bridgehead atoms. The highest BCUT2D eigenvalue weighted by Gasteiger charge is 2.50. The Morgan fingerprint density at radius 1 is 1.14 bits per heavy atom. The van der Waals surface area contributed by atoms with E-state index in [1.54, 1.807) is 0 Å². The maximum Gasteiger partial charge on any atom is 0.231 e. The van der Waals surface area contributed by atoms with Gasteiger partial charge in [-0.15, -0.1) is 0 Å². The number of fused-ring (bicyclic) bond motifs is 3. The van der Waals surface area contributed by atoms with Crippen molar-refractivity contribution < 1.29 is 14.4 Å². The fourth-order valence-corrected chi connectivity index (χ4v) is 6.07. The number of hydrazone groups is 1. The van der Waals surface area contributed by atoms with Crippen LogP contribution in [-0.2, 0) is 20.9 Å². The predicted molar refractivity (Wildman–Crippen MR) is 137 cm³/mol. The Labute approximate surface area is 217 Å². The van der Waals surface area contributed by atoms with Crippen LogP contribution >= 0.6 is 11.6 Å². The van der Waals surface area contributed by atoms with Gasteiger partial charge >= 0.3 is 0 Å². The maximum atomic E-state index is 13.5. The zero-order valence-electron chi connectivity index (χ0n) is 20.6. The number of nitrogens with one attached hydrogen (secondary N) is 2. The molecule has 3 heterocycles. The van der Waals surface area contributed by atoms with Crippen LogP contribution in [0.2, 0.25) is 5.02 Å². The fraction of sp³-hybridized carbons (Fsp3) is 0.615. The van der Waals surface area contributed by atoms with Crippen LogP contribution < -0.4 is 10.7 Å². The van der Waals surface area contributed by atoms with Crippen LogP contribution in [-0.4, -0.2) is 70.2 Å². The molecule has 3 amide bonds. The van der Waals surface area contributed by atoms with Gasteiger partial charge in [-0.05, 0) is 43.4 Å². The summed E-state index contributed by atoms with van der Waals surface area (Å²) in [5.74, 6) is 1.18. The first-order valence-corrected chi connectivity index (χ1v) is 13.6. The van der Waals surface area contributed by atoms with Gasteiger partial charge in [-0.1, -0.05) is 36.6 Å². The molecule has 1 aliphatic carbocycles. The molecule has 194 valence electrons. The van der Waals surface area contributed by atoms with Gasteiger partial charge in [-0.3, -0.25) is 24.7 Å². The molecular weight excluding hydrogens is 480 g/mol. The van der Waals surface area contributed by atoms with E-state index in [-0.39, 0.29) is 36.0 Å². The van der Waals surface area contributed by atoms with Crippen LogP contribution in [0.4, 0.5) is 0 Å². The van der Waals surface area contributed by atoms with Crippen molar-refractivity contribution in [3.05, 3.63) is 34.9 Å². The molecule has 0 spiro atoms. The lowest BCUT2D eigenvalue weighted by Crippen LogP contribution is -2.67. The highest BCUT2D eigenvalue weighted by atomic mass is 35.5. The highest BCUT2D eigenvalue weighted by Crippen LogP contribution is 2.38. The topological polar surface area (TPSA) is 97.3 Å². The van der Waals surface area contributed by atoms with Gasteiger partial charge in [0.25, 0.3) is 0 Å². The number of hydrogen-bond donors (Lipinski definition) is 2. The van der Waals surface area contributed by atoms with Gasteiger partial charge in [0, 0.05) is 56.5 Å². The van der Waals surface area contributed by atoms with E-state index < -0.39 is 0 Å². The minimum atomic E-state index is -0.330. The zero-order valence-corrected chi connectivity index (χ0v) is 21.4. The Hall–Kier alpha value is -2.81. The Balaban J connectivity index is 1.17. The minimum Gasteiger partial charge on any atom is -0.356 e. The van der Waals surface area contributed by atoms with Crippen LogP contribution in [0.1, 0.15) is 63.4 Å². The molecule has 3 fully saturated rings. The second-order valence-electron chi connectivity index (χ2n) is 10.2. The first-order valence-electron chi connectivity index (χ1n) is 13.2. The molecule has 2 N–H and O–H groups in total. The Morgan fingerprint density at radius 3 is 2.72 bits per heavy atom. The summed E-state index contributed by atoms with van der Waals surface area (Å²) in [6.07, 6.45) is 6.88. The number of carbonyl (C=O) groups is 3. The summed E-state index contributed by atoms with van der Waals surface area (Å²) in [5, 5.41) is 8.25. The number of likely N-dealkylation sites (tertiary alicyclic amines) is 1. The summed E-state index contributed by atoms with van der Waals surface area (Å²) in [6.45, 7) is 2.58. The van der Waals surface area contributed by atoms with E-state index in [4.69, 9.17) is 11.6 Å². The normalized spacial score (nSPS) is 25.4. The second kappa shape index (κ2) is 11.1. The van der Waals surface area contributed by atoms with Crippen LogP contribution in [0, 0.1) is 5.92 Å². The van der Waals surface area contributed by atoms with Gasteiger partial charge < -0.3 is 15.1 Å². The molecule has 9 nitrogen and oxygen atoms in total. The molecular formula is C26H35ClN6O3. The maximum absolute atomic E-state index is 13.5. The number of amides is 3. The molecule has 1 aromatic rings. The quantitative estimate of drug-likeness (QED) is 0.494. The summed E-state index contributed by atoms with van der Waals surface area (Å²) < 4.78 is 0. The van der Waals surface area contributed by atoms with Crippen LogP contribution in [0.3, 0.4) is 0 Å². The summed E-state index contributed by atoms with van der Waals surface area (Å²) in [4.78, 5) is 43.8. The molecule has 2 saturated heterocycles. The second-order valence-corrected chi connectivity index (χ2v) is 10.6. The smallest absolute Gasteiger partial charge is 0.231 e. The lowest BCUT2D eigenvalue weighted by molar-refractivity contribution is -0.156. The molecule has 0 radical (unpaired) electrons. The fourth-order valence-electron chi connectivity index (χ4n) is 5.94. The van der Waals surface area contributed by atoms with Crippen molar-refractivity contribution >= 4 is 35.2 Å². The van der Waals surface area contributed by atoms with Crippen molar-refractivity contribution in [3.63, 3.8) is 0 Å². The first-order chi connectivity index (χ1) is 17.5. The molecule has 3 atom stereocenters. The van der Waals surface area contributed by atoms with Crippen LogP contribution in [0.5, 0.6) is 0 Å². The van der Waals surface area contributed by atoms with E-state index in [1.807, 2.05) is 34.1 Å². The Bertz CT molecular complexity index is 1020. The molecule has 1 aromatic carbocycles. The van der Waals surface area contributed by atoms with Gasteiger partial charge in [0.2, 0.25) is 17.7 Å². The van der Waals surface area contributed by atoms with Crippen molar-refractivity contribution in [2.45, 2.75) is 76.7 Å². The largest absolute Gasteiger partial charge is 0.356 e. The van der Waals surface area contributed by atoms with Gasteiger partial charge in [0.05, 0.1) is 5.92 Å². The van der Waals surface area contributed by atoms with Gasteiger partial charge in [0.1, 0.15) is 5.84 Å². The predicted octanol–water partition coefficient (Wildman–Crippen LogP) is 2.65. The highest BCUT2D eigenvalue weighted by molar-refractivity contribution is 6.30. The van der Waals surface area contributed by atoms with Gasteiger partial charge in [0.15, 0.2) is 6.29 Å². The van der Waals surface area contributed by atoms with E-state index in [0.29, 0.717) is 43.9 Å². The number of hydrogen-bond acceptors (Lipinski definition) is 6. The number of rotatable bonds is 9. The van der Waals surface area contributed by atoms with Crippen molar-refractivity contribution in [1.29, 1.82) is 0 Å². The summed E-state index contributed by atoms with van der Waals surface area (Å²) in [7, 11) is 0. The van der Waals surface area contributed by atoms with E-state index in [1.165, 1.54) is 0 Å². The Kier molecular flexibility index (Phi) is 7.65. The molecule has 1 saturated carbocycles. The standard InChI is InChI=1S/C26H35ClN6O3/c27-19-10-8-18(9-11-19)17-32-25(36)20-5-1-2-6-21(20)33-22(29-30-26(32)33)12-13-23(34)28-14-4-16-31-15-3-7-24(31)35/h8-11,20-21,26,30H,1-7,12-17H2,(H,28,34). The number of carbonyl (C=O) groups excluding carboxylic acids is 3. The molecule has 5 rings (SSSR count). The zero-order chi connectivity index (χ0) is 25.1. The number of halogens is 1. The van der Waals surface area contributed by atoms with Crippen LogP contribution in [0.15, 0.2) is 29.4 Å². The lowest BCUT2D eigenvalue weighted by atomic mass is 9.80. The van der Waals surface area contributed by atoms with E-state index in [0.717, 1.165) is 56.5 Å². The first kappa shape index (κ1) is 24.9. The Morgan fingerprint density at radius 2 is 1.94 bits per heavy atom. The summed E-state index contributed by atoms with van der Waals surface area (Å²) >= 11 is 6.05. The third-order valence-corrected chi connectivity index (χ3v) is 8.05. The van der Waals surface area contributed by atoms with Gasteiger partial charge in [-0.2, -0.15) is 5.10 Å². The van der Waals surface area contributed by atoms with Crippen LogP contribution in [0.25, 0.3) is 0 Å². The third kappa shape index (κ3) is 5.31. The van der Waals surface area contributed by atoms with E-state index in [9.17, 15) is 14.4 Å².